The Balaban J connectivity index is 1.60. The molecule has 1 N–H and O–H groups in total. The molecule has 0 aliphatic carbocycles. The van der Waals surface area contributed by atoms with Gasteiger partial charge in [0.05, 0.1) is 17.1 Å². The van der Waals surface area contributed by atoms with E-state index in [9.17, 15) is 4.79 Å². The van der Waals surface area contributed by atoms with Crippen molar-refractivity contribution >= 4 is 17.2 Å². The number of nitrogens with one attached hydrogen (secondary N) is 1. The average molecular weight is 279 g/mol. The van der Waals surface area contributed by atoms with Crippen LogP contribution in [0.25, 0.3) is 0 Å². The molecule has 2 bridgehead atoms. The minimum absolute atomic E-state index is 0.238. The number of fused-ring (bicyclic) bond motifs is 2. The van der Waals surface area contributed by atoms with Gasteiger partial charge in [-0.25, -0.2) is 4.98 Å². The number of thiazole rings is 1. The lowest BCUT2D eigenvalue weighted by Gasteiger charge is -2.24. The summed E-state index contributed by atoms with van der Waals surface area (Å²) in [6.07, 6.45) is 5.01. The first-order valence-electron chi connectivity index (χ1n) is 7.21. The number of amides is 1. The number of carbonyl (C=O) groups is 1. The largest absolute Gasteiger partial charge is 0.341 e. The van der Waals surface area contributed by atoms with E-state index in [0.717, 1.165) is 36.6 Å². The van der Waals surface area contributed by atoms with Gasteiger partial charge in [0.25, 0.3) is 0 Å². The van der Waals surface area contributed by atoms with Gasteiger partial charge in [0.15, 0.2) is 0 Å². The normalized spacial score (nSPS) is 26.5. The summed E-state index contributed by atoms with van der Waals surface area (Å²) in [7, 11) is 0. The molecule has 0 spiro atoms. The van der Waals surface area contributed by atoms with Gasteiger partial charge in [-0.3, -0.25) is 4.79 Å². The van der Waals surface area contributed by atoms with Crippen molar-refractivity contribution in [1.29, 1.82) is 0 Å². The molecule has 3 heterocycles. The Hall–Kier alpha value is -0.940. The maximum atomic E-state index is 12.4. The zero-order chi connectivity index (χ0) is 13.2. The Bertz CT molecular complexity index is 459. The number of aryl methyl sites for hydroxylation is 1. The van der Waals surface area contributed by atoms with Crippen LogP contribution in [0.5, 0.6) is 0 Å². The van der Waals surface area contributed by atoms with Crippen molar-refractivity contribution in [2.75, 3.05) is 13.1 Å². The highest BCUT2D eigenvalue weighted by Gasteiger charge is 2.31. The highest BCUT2D eigenvalue weighted by atomic mass is 32.1. The monoisotopic (exact) mass is 279 g/mol. The first-order valence-corrected chi connectivity index (χ1v) is 8.09. The molecule has 2 unspecified atom stereocenters. The van der Waals surface area contributed by atoms with E-state index in [1.54, 1.807) is 11.3 Å². The number of hydrogen-bond donors (Lipinski definition) is 1. The topological polar surface area (TPSA) is 45.2 Å². The van der Waals surface area contributed by atoms with Crippen LogP contribution in [0.4, 0.5) is 0 Å². The van der Waals surface area contributed by atoms with Gasteiger partial charge in [-0.15, -0.1) is 11.3 Å². The lowest BCUT2D eigenvalue weighted by atomic mass is 10.1. The molecule has 0 radical (unpaired) electrons. The van der Waals surface area contributed by atoms with E-state index in [-0.39, 0.29) is 5.91 Å². The standard InChI is InChI=1S/C14H21N3OS/c1-2-13-16-12(9-19-13)7-14(18)17-6-5-10-3-4-11(8-17)15-10/h9-11,15H,2-8H2,1H3. The second-order valence-electron chi connectivity index (χ2n) is 5.53. The Morgan fingerprint density at radius 3 is 3.11 bits per heavy atom. The molecule has 1 aromatic rings. The summed E-state index contributed by atoms with van der Waals surface area (Å²) in [6.45, 7) is 3.87. The number of likely N-dealkylation sites (tertiary alicyclic amines) is 1. The molecular formula is C14H21N3OS. The number of aromatic nitrogens is 1. The molecule has 19 heavy (non-hydrogen) atoms. The molecule has 2 atom stereocenters. The van der Waals surface area contributed by atoms with Crippen LogP contribution < -0.4 is 5.32 Å². The number of hydrogen-bond acceptors (Lipinski definition) is 4. The fourth-order valence-corrected chi connectivity index (χ4v) is 3.77. The smallest absolute Gasteiger partial charge is 0.228 e. The van der Waals surface area contributed by atoms with Crippen LogP contribution >= 0.6 is 11.3 Å². The average Bonchev–Trinajstić information content (AvgIpc) is 2.96. The van der Waals surface area contributed by atoms with Gasteiger partial charge in [0.1, 0.15) is 0 Å². The van der Waals surface area contributed by atoms with Crippen molar-refractivity contribution < 1.29 is 4.79 Å². The fraction of sp³-hybridized carbons (Fsp3) is 0.714. The predicted molar refractivity (Wildman–Crippen MR) is 76.3 cm³/mol. The molecule has 2 aliphatic rings. The summed E-state index contributed by atoms with van der Waals surface area (Å²) in [5.41, 5.74) is 0.939. The highest BCUT2D eigenvalue weighted by molar-refractivity contribution is 7.09. The molecule has 4 nitrogen and oxygen atoms in total. The van der Waals surface area contributed by atoms with Gasteiger partial charge in [0.2, 0.25) is 5.91 Å². The highest BCUT2D eigenvalue weighted by Crippen LogP contribution is 2.21. The van der Waals surface area contributed by atoms with E-state index in [4.69, 9.17) is 0 Å². The zero-order valence-corrected chi connectivity index (χ0v) is 12.2. The van der Waals surface area contributed by atoms with Gasteiger partial charge < -0.3 is 10.2 Å². The molecule has 104 valence electrons. The van der Waals surface area contributed by atoms with Crippen LogP contribution in [-0.4, -0.2) is 41.0 Å². The van der Waals surface area contributed by atoms with Crippen LogP contribution in [0.2, 0.25) is 0 Å². The molecule has 3 rings (SSSR count). The number of rotatable bonds is 3. The maximum absolute atomic E-state index is 12.4. The van der Waals surface area contributed by atoms with Gasteiger partial charge in [-0.05, 0) is 25.7 Å². The van der Waals surface area contributed by atoms with E-state index < -0.39 is 0 Å². The van der Waals surface area contributed by atoms with Gasteiger partial charge in [0, 0.05) is 30.6 Å². The first kappa shape index (κ1) is 13.1. The van der Waals surface area contributed by atoms with Crippen molar-refractivity contribution in [2.24, 2.45) is 0 Å². The van der Waals surface area contributed by atoms with E-state index >= 15 is 0 Å². The predicted octanol–water partition coefficient (Wildman–Crippen LogP) is 1.60. The summed E-state index contributed by atoms with van der Waals surface area (Å²) in [5, 5.41) is 6.76. The van der Waals surface area contributed by atoms with Crippen LogP contribution in [0, 0.1) is 0 Å². The Morgan fingerprint density at radius 1 is 1.47 bits per heavy atom. The quantitative estimate of drug-likeness (QED) is 0.914. The van der Waals surface area contributed by atoms with Crippen LogP contribution in [0.15, 0.2) is 5.38 Å². The molecule has 2 saturated heterocycles. The number of nitrogens with zero attached hydrogens (tertiary/aromatic N) is 2. The SMILES string of the molecule is CCc1nc(CC(=O)N2CCC3CCC(C2)N3)cs1. The minimum atomic E-state index is 0.238. The Labute approximate surface area is 118 Å². The van der Waals surface area contributed by atoms with Crippen molar-refractivity contribution in [3.8, 4) is 0 Å². The molecule has 2 aliphatic heterocycles. The molecule has 0 aromatic carbocycles. The third-order valence-electron chi connectivity index (χ3n) is 4.11. The second kappa shape index (κ2) is 5.59. The lowest BCUT2D eigenvalue weighted by molar-refractivity contribution is -0.130. The van der Waals surface area contributed by atoms with Crippen molar-refractivity contribution in [3.05, 3.63) is 16.1 Å². The summed E-state index contributed by atoms with van der Waals surface area (Å²) in [4.78, 5) is 18.9. The van der Waals surface area contributed by atoms with Crippen LogP contribution in [-0.2, 0) is 17.6 Å². The Kier molecular flexibility index (Phi) is 3.84. The van der Waals surface area contributed by atoms with Gasteiger partial charge in [-0.2, -0.15) is 0 Å². The lowest BCUT2D eigenvalue weighted by Crippen LogP contribution is -2.39. The van der Waals surface area contributed by atoms with Crippen molar-refractivity contribution in [3.63, 3.8) is 0 Å². The van der Waals surface area contributed by atoms with Crippen LogP contribution in [0.3, 0.4) is 0 Å². The zero-order valence-electron chi connectivity index (χ0n) is 11.4. The summed E-state index contributed by atoms with van der Waals surface area (Å²) in [6, 6.07) is 1.15. The molecule has 0 saturated carbocycles. The molecular weight excluding hydrogens is 258 g/mol. The molecule has 5 heteroatoms. The van der Waals surface area contributed by atoms with E-state index in [2.05, 4.69) is 17.2 Å². The summed E-state index contributed by atoms with van der Waals surface area (Å²) in [5.74, 6) is 0.238. The Morgan fingerprint density at radius 2 is 2.32 bits per heavy atom. The molecule has 1 aromatic heterocycles. The van der Waals surface area contributed by atoms with Gasteiger partial charge in [-0.1, -0.05) is 6.92 Å². The maximum Gasteiger partial charge on any atom is 0.228 e. The van der Waals surface area contributed by atoms with E-state index in [1.807, 2.05) is 10.3 Å². The minimum Gasteiger partial charge on any atom is -0.341 e. The van der Waals surface area contributed by atoms with E-state index in [0.29, 0.717) is 18.5 Å². The van der Waals surface area contributed by atoms with E-state index in [1.165, 1.54) is 12.8 Å². The second-order valence-corrected chi connectivity index (χ2v) is 6.47. The number of carbonyl (C=O) groups excluding carboxylic acids is 1. The van der Waals surface area contributed by atoms with Crippen molar-refractivity contribution in [2.45, 2.75) is 51.1 Å². The third kappa shape index (κ3) is 2.98. The summed E-state index contributed by atoms with van der Waals surface area (Å²) < 4.78 is 0. The van der Waals surface area contributed by atoms with Gasteiger partial charge >= 0.3 is 0 Å². The third-order valence-corrected chi connectivity index (χ3v) is 5.15. The molecule has 1 amide bonds. The first-order chi connectivity index (χ1) is 9.24. The van der Waals surface area contributed by atoms with Crippen molar-refractivity contribution in [1.82, 2.24) is 15.2 Å². The summed E-state index contributed by atoms with van der Waals surface area (Å²) >= 11 is 1.66. The van der Waals surface area contributed by atoms with Crippen LogP contribution in [0.1, 0.15) is 36.9 Å². The molecule has 2 fully saturated rings. The fourth-order valence-electron chi connectivity index (χ4n) is 3.03.